The third-order valence-electron chi connectivity index (χ3n) is 4.01. The van der Waals surface area contributed by atoms with Gasteiger partial charge in [0.05, 0.1) is 12.3 Å². The lowest BCUT2D eigenvalue weighted by atomic mass is 9.76. The van der Waals surface area contributed by atoms with Crippen LogP contribution in [0.3, 0.4) is 0 Å². The van der Waals surface area contributed by atoms with Crippen LogP contribution in [0.4, 0.5) is 0 Å². The van der Waals surface area contributed by atoms with Crippen LogP contribution in [-0.2, 0) is 18.2 Å². The number of ether oxygens (including phenoxy) is 1. The van der Waals surface area contributed by atoms with Crippen molar-refractivity contribution in [2.75, 3.05) is 13.2 Å². The molecule has 4 nitrogen and oxygen atoms in total. The SMILES string of the molecule is CC(C)NCC1(Cc2cnn(C)c2)CCOC1C. The Hall–Kier alpha value is -0.870. The lowest BCUT2D eigenvalue weighted by Crippen LogP contribution is -2.43. The summed E-state index contributed by atoms with van der Waals surface area (Å²) < 4.78 is 7.69. The molecule has 4 heteroatoms. The minimum Gasteiger partial charge on any atom is -0.378 e. The lowest BCUT2D eigenvalue weighted by Gasteiger charge is -2.33. The van der Waals surface area contributed by atoms with Crippen LogP contribution in [0.15, 0.2) is 12.4 Å². The monoisotopic (exact) mass is 251 g/mol. The maximum atomic E-state index is 5.81. The Morgan fingerprint density at radius 1 is 1.61 bits per heavy atom. The largest absolute Gasteiger partial charge is 0.378 e. The van der Waals surface area contributed by atoms with Crippen LogP contribution < -0.4 is 5.32 Å². The summed E-state index contributed by atoms with van der Waals surface area (Å²) in [6.45, 7) is 8.48. The molecule has 0 saturated carbocycles. The summed E-state index contributed by atoms with van der Waals surface area (Å²) in [5.74, 6) is 0. The van der Waals surface area contributed by atoms with Gasteiger partial charge in [-0.05, 0) is 25.3 Å². The molecule has 1 saturated heterocycles. The van der Waals surface area contributed by atoms with Gasteiger partial charge < -0.3 is 10.1 Å². The van der Waals surface area contributed by atoms with E-state index in [9.17, 15) is 0 Å². The van der Waals surface area contributed by atoms with Crippen molar-refractivity contribution in [2.45, 2.75) is 45.8 Å². The summed E-state index contributed by atoms with van der Waals surface area (Å²) in [5.41, 5.74) is 1.52. The van der Waals surface area contributed by atoms with E-state index in [4.69, 9.17) is 4.74 Å². The van der Waals surface area contributed by atoms with Gasteiger partial charge in [0.1, 0.15) is 0 Å². The Labute approximate surface area is 110 Å². The zero-order chi connectivity index (χ0) is 13.2. The minimum absolute atomic E-state index is 0.216. The quantitative estimate of drug-likeness (QED) is 0.866. The first-order valence-electron chi connectivity index (χ1n) is 6.84. The number of nitrogens with one attached hydrogen (secondary N) is 1. The summed E-state index contributed by atoms with van der Waals surface area (Å²) in [6, 6.07) is 0.517. The number of hydrogen-bond donors (Lipinski definition) is 1. The lowest BCUT2D eigenvalue weighted by molar-refractivity contribution is 0.0620. The summed E-state index contributed by atoms with van der Waals surface area (Å²) in [5, 5.41) is 7.84. The van der Waals surface area contributed by atoms with Crippen molar-refractivity contribution in [3.8, 4) is 0 Å². The molecule has 2 heterocycles. The van der Waals surface area contributed by atoms with E-state index in [1.165, 1.54) is 5.56 Å². The predicted octanol–water partition coefficient (Wildman–Crippen LogP) is 1.76. The second kappa shape index (κ2) is 5.41. The average molecular weight is 251 g/mol. The van der Waals surface area contributed by atoms with Crippen LogP contribution in [0.5, 0.6) is 0 Å². The highest BCUT2D eigenvalue weighted by molar-refractivity contribution is 5.10. The van der Waals surface area contributed by atoms with Gasteiger partial charge in [-0.25, -0.2) is 0 Å². The van der Waals surface area contributed by atoms with E-state index in [-0.39, 0.29) is 5.41 Å². The molecule has 0 spiro atoms. The fraction of sp³-hybridized carbons (Fsp3) is 0.786. The number of aryl methyl sites for hydroxylation is 1. The van der Waals surface area contributed by atoms with E-state index in [1.807, 2.05) is 17.9 Å². The van der Waals surface area contributed by atoms with E-state index in [0.717, 1.165) is 26.0 Å². The van der Waals surface area contributed by atoms with Crippen LogP contribution >= 0.6 is 0 Å². The van der Waals surface area contributed by atoms with Crippen molar-refractivity contribution in [3.05, 3.63) is 18.0 Å². The van der Waals surface area contributed by atoms with Gasteiger partial charge in [0, 0.05) is 37.9 Å². The molecule has 2 unspecified atom stereocenters. The highest BCUT2D eigenvalue weighted by atomic mass is 16.5. The second-order valence-electron chi connectivity index (χ2n) is 5.86. The van der Waals surface area contributed by atoms with Crippen molar-refractivity contribution in [3.63, 3.8) is 0 Å². The second-order valence-corrected chi connectivity index (χ2v) is 5.86. The molecule has 1 aromatic heterocycles. The highest BCUT2D eigenvalue weighted by Gasteiger charge is 2.41. The topological polar surface area (TPSA) is 39.1 Å². The molecule has 18 heavy (non-hydrogen) atoms. The van der Waals surface area contributed by atoms with Gasteiger partial charge in [-0.3, -0.25) is 4.68 Å². The first-order valence-corrected chi connectivity index (χ1v) is 6.84. The van der Waals surface area contributed by atoms with Crippen molar-refractivity contribution >= 4 is 0 Å². The van der Waals surface area contributed by atoms with Crippen LogP contribution in [-0.4, -0.2) is 35.1 Å². The Morgan fingerprint density at radius 3 is 2.89 bits per heavy atom. The molecule has 0 radical (unpaired) electrons. The van der Waals surface area contributed by atoms with E-state index >= 15 is 0 Å². The first-order chi connectivity index (χ1) is 8.52. The summed E-state index contributed by atoms with van der Waals surface area (Å²) >= 11 is 0. The minimum atomic E-state index is 0.216. The molecule has 0 bridgehead atoms. The van der Waals surface area contributed by atoms with E-state index < -0.39 is 0 Å². The molecular formula is C14H25N3O. The van der Waals surface area contributed by atoms with Gasteiger partial charge in [-0.2, -0.15) is 5.10 Å². The van der Waals surface area contributed by atoms with Crippen molar-refractivity contribution < 1.29 is 4.74 Å². The van der Waals surface area contributed by atoms with Crippen molar-refractivity contribution in [2.24, 2.45) is 12.5 Å². The Morgan fingerprint density at radius 2 is 2.39 bits per heavy atom. The maximum Gasteiger partial charge on any atom is 0.0619 e. The molecule has 1 N–H and O–H groups in total. The third-order valence-corrected chi connectivity index (χ3v) is 4.01. The third kappa shape index (κ3) is 2.93. The Bertz CT molecular complexity index is 388. The van der Waals surface area contributed by atoms with Crippen LogP contribution in [0.2, 0.25) is 0 Å². The number of aromatic nitrogens is 2. The maximum absolute atomic E-state index is 5.81. The predicted molar refractivity (Wildman–Crippen MR) is 72.5 cm³/mol. The molecular weight excluding hydrogens is 226 g/mol. The Balaban J connectivity index is 2.09. The van der Waals surface area contributed by atoms with Gasteiger partial charge in [-0.15, -0.1) is 0 Å². The molecule has 0 amide bonds. The molecule has 1 aliphatic rings. The summed E-state index contributed by atoms with van der Waals surface area (Å²) in [4.78, 5) is 0. The number of hydrogen-bond acceptors (Lipinski definition) is 3. The van der Waals surface area contributed by atoms with E-state index in [2.05, 4.69) is 37.4 Å². The van der Waals surface area contributed by atoms with Gasteiger partial charge >= 0.3 is 0 Å². The molecule has 1 fully saturated rings. The van der Waals surface area contributed by atoms with Crippen LogP contribution in [0, 0.1) is 5.41 Å². The van der Waals surface area contributed by atoms with Crippen molar-refractivity contribution in [1.29, 1.82) is 0 Å². The van der Waals surface area contributed by atoms with Gasteiger partial charge in [-0.1, -0.05) is 13.8 Å². The highest BCUT2D eigenvalue weighted by Crippen LogP contribution is 2.37. The normalized spacial score (nSPS) is 28.2. The van der Waals surface area contributed by atoms with Crippen LogP contribution in [0.1, 0.15) is 32.8 Å². The molecule has 0 aliphatic carbocycles. The zero-order valence-electron chi connectivity index (χ0n) is 11.9. The molecule has 1 aliphatic heterocycles. The first kappa shape index (κ1) is 13.6. The average Bonchev–Trinajstić information content (AvgIpc) is 2.85. The Kier molecular flexibility index (Phi) is 4.07. The smallest absolute Gasteiger partial charge is 0.0619 e. The standard InChI is InChI=1S/C14H25N3O/c1-11(2)15-10-14(5-6-18-12(14)3)7-13-8-16-17(4)9-13/h8-9,11-12,15H,5-7,10H2,1-4H3. The van der Waals surface area contributed by atoms with Crippen molar-refractivity contribution in [1.82, 2.24) is 15.1 Å². The fourth-order valence-corrected chi connectivity index (χ4v) is 2.72. The van der Waals surface area contributed by atoms with Crippen LogP contribution in [0.25, 0.3) is 0 Å². The van der Waals surface area contributed by atoms with Gasteiger partial charge in [0.15, 0.2) is 0 Å². The molecule has 2 atom stereocenters. The van der Waals surface area contributed by atoms with E-state index in [0.29, 0.717) is 12.1 Å². The van der Waals surface area contributed by atoms with E-state index in [1.54, 1.807) is 0 Å². The molecule has 0 aromatic carbocycles. The van der Waals surface area contributed by atoms with Gasteiger partial charge in [0.25, 0.3) is 0 Å². The summed E-state index contributed by atoms with van der Waals surface area (Å²) in [7, 11) is 1.97. The summed E-state index contributed by atoms with van der Waals surface area (Å²) in [6.07, 6.45) is 6.57. The fourth-order valence-electron chi connectivity index (χ4n) is 2.72. The molecule has 2 rings (SSSR count). The number of rotatable bonds is 5. The van der Waals surface area contributed by atoms with Gasteiger partial charge in [0.2, 0.25) is 0 Å². The number of nitrogens with zero attached hydrogens (tertiary/aromatic N) is 2. The zero-order valence-corrected chi connectivity index (χ0v) is 11.9. The molecule has 1 aromatic rings. The molecule has 102 valence electrons.